The van der Waals surface area contributed by atoms with Gasteiger partial charge in [-0.15, -0.1) is 0 Å². The fourth-order valence-electron chi connectivity index (χ4n) is 3.88. The van der Waals surface area contributed by atoms with Gasteiger partial charge in [-0.3, -0.25) is 4.79 Å². The molecule has 31 heavy (non-hydrogen) atoms. The normalized spacial score (nSPS) is 16.3. The Morgan fingerprint density at radius 3 is 2.45 bits per heavy atom. The van der Waals surface area contributed by atoms with E-state index in [0.717, 1.165) is 0 Å². The number of benzene rings is 2. The predicted octanol–water partition coefficient (Wildman–Crippen LogP) is 4.20. The molecule has 1 amide bonds. The van der Waals surface area contributed by atoms with Gasteiger partial charge in [-0.2, -0.15) is 4.31 Å². The Kier molecular flexibility index (Phi) is 7.36. The van der Waals surface area contributed by atoms with Gasteiger partial charge in [0.2, 0.25) is 15.9 Å². The summed E-state index contributed by atoms with van der Waals surface area (Å²) in [6.07, 6.45) is 0.779. The first kappa shape index (κ1) is 23.7. The van der Waals surface area contributed by atoms with E-state index in [9.17, 15) is 17.6 Å². The maximum Gasteiger partial charge on any atom is 0.244 e. The predicted molar refractivity (Wildman–Crippen MR) is 118 cm³/mol. The van der Waals surface area contributed by atoms with Crippen LogP contribution in [0, 0.1) is 5.82 Å². The number of amides is 1. The zero-order valence-corrected chi connectivity index (χ0v) is 19.1. The number of hydrogen-bond acceptors (Lipinski definition) is 4. The van der Waals surface area contributed by atoms with Gasteiger partial charge in [-0.1, -0.05) is 37.6 Å². The number of nitrogens with one attached hydrogen (secondary N) is 1. The molecule has 1 saturated heterocycles. The van der Waals surface area contributed by atoms with Gasteiger partial charge >= 0.3 is 0 Å². The molecule has 1 N–H and O–H groups in total. The number of hydrogen-bond donors (Lipinski definition) is 1. The summed E-state index contributed by atoms with van der Waals surface area (Å²) in [7, 11) is -3.81. The van der Waals surface area contributed by atoms with Crippen LogP contribution in [-0.2, 0) is 25.0 Å². The minimum absolute atomic E-state index is 0.0672. The molecule has 1 fully saturated rings. The van der Waals surface area contributed by atoms with Crippen molar-refractivity contribution >= 4 is 33.2 Å². The Hall–Kier alpha value is -2.00. The van der Waals surface area contributed by atoms with Crippen LogP contribution >= 0.6 is 11.6 Å². The lowest BCUT2D eigenvalue weighted by Gasteiger charge is -2.36. The molecule has 6 nitrogen and oxygen atoms in total. The summed E-state index contributed by atoms with van der Waals surface area (Å²) < 4.78 is 46.5. The van der Waals surface area contributed by atoms with Gasteiger partial charge < -0.3 is 10.1 Å². The zero-order chi connectivity index (χ0) is 22.6. The number of ether oxygens (including phenoxy) is 1. The molecule has 0 bridgehead atoms. The Balaban J connectivity index is 1.97. The second-order valence-electron chi connectivity index (χ2n) is 7.39. The van der Waals surface area contributed by atoms with Gasteiger partial charge in [0.15, 0.2) is 0 Å². The van der Waals surface area contributed by atoms with Crippen LogP contribution in [0.2, 0.25) is 5.02 Å². The van der Waals surface area contributed by atoms with Gasteiger partial charge in [0, 0.05) is 32.0 Å². The first-order valence-corrected chi connectivity index (χ1v) is 12.0. The van der Waals surface area contributed by atoms with Crippen molar-refractivity contribution in [1.82, 2.24) is 4.31 Å². The molecule has 168 valence electrons. The number of nitrogens with zero attached hydrogens (tertiary/aromatic N) is 1. The fraction of sp³-hybridized carbons (Fsp3) is 0.409. The minimum Gasteiger partial charge on any atom is -0.381 e. The molecule has 0 radical (unpaired) electrons. The van der Waals surface area contributed by atoms with Crippen LogP contribution < -0.4 is 5.32 Å². The lowest BCUT2D eigenvalue weighted by Crippen LogP contribution is -2.45. The maximum absolute atomic E-state index is 13.9. The largest absolute Gasteiger partial charge is 0.381 e. The van der Waals surface area contributed by atoms with Gasteiger partial charge in [-0.05, 0) is 48.7 Å². The van der Waals surface area contributed by atoms with Crippen LogP contribution in [0.15, 0.2) is 47.4 Å². The summed E-state index contributed by atoms with van der Waals surface area (Å²) in [6.45, 7) is 4.82. The van der Waals surface area contributed by atoms with Crippen molar-refractivity contribution in [2.24, 2.45) is 0 Å². The molecule has 0 saturated carbocycles. The Labute approximate surface area is 187 Å². The Bertz CT molecular complexity index is 1050. The van der Waals surface area contributed by atoms with Crippen molar-refractivity contribution in [3.63, 3.8) is 0 Å². The van der Waals surface area contributed by atoms with Crippen LogP contribution in [0.5, 0.6) is 0 Å². The second kappa shape index (κ2) is 9.65. The Morgan fingerprint density at radius 2 is 1.84 bits per heavy atom. The number of halogens is 2. The maximum atomic E-state index is 13.9. The zero-order valence-electron chi connectivity index (χ0n) is 17.5. The van der Waals surface area contributed by atoms with Crippen molar-refractivity contribution in [3.05, 3.63) is 58.9 Å². The van der Waals surface area contributed by atoms with Crippen LogP contribution in [0.3, 0.4) is 0 Å². The van der Waals surface area contributed by atoms with E-state index in [4.69, 9.17) is 16.3 Å². The highest BCUT2D eigenvalue weighted by atomic mass is 35.5. The van der Waals surface area contributed by atoms with Crippen LogP contribution in [0.1, 0.15) is 32.3 Å². The minimum atomic E-state index is -3.81. The van der Waals surface area contributed by atoms with E-state index < -0.39 is 21.3 Å². The van der Waals surface area contributed by atoms with Gasteiger partial charge in [0.1, 0.15) is 10.7 Å². The molecule has 3 rings (SSSR count). The average molecular weight is 469 g/mol. The number of sulfonamides is 1. The molecule has 0 unspecified atom stereocenters. The molecule has 1 heterocycles. The van der Waals surface area contributed by atoms with Crippen LogP contribution in [0.4, 0.5) is 10.1 Å². The number of carbonyl (C=O) groups excluding carboxylic acids is 1. The fourth-order valence-corrected chi connectivity index (χ4v) is 5.84. The van der Waals surface area contributed by atoms with E-state index in [1.165, 1.54) is 28.6 Å². The van der Waals surface area contributed by atoms with Crippen molar-refractivity contribution in [2.45, 2.75) is 37.0 Å². The lowest BCUT2D eigenvalue weighted by molar-refractivity contribution is -0.125. The first-order chi connectivity index (χ1) is 14.7. The summed E-state index contributed by atoms with van der Waals surface area (Å²) in [4.78, 5) is 13.3. The second-order valence-corrected chi connectivity index (χ2v) is 9.71. The number of anilines is 1. The SMILES string of the molecule is CCN(CC)S(=O)(=O)c1cc(NC(=O)C2(c3cccc(F)c3)CCOCC2)ccc1Cl. The van der Waals surface area contributed by atoms with Crippen molar-refractivity contribution in [3.8, 4) is 0 Å². The third kappa shape index (κ3) is 4.77. The summed E-state index contributed by atoms with van der Waals surface area (Å²) in [5.74, 6) is -0.759. The molecule has 1 aliphatic heterocycles. The van der Waals surface area contributed by atoms with Crippen molar-refractivity contribution in [2.75, 3.05) is 31.6 Å². The van der Waals surface area contributed by atoms with E-state index in [2.05, 4.69) is 5.32 Å². The molecule has 0 aromatic heterocycles. The Morgan fingerprint density at radius 1 is 1.16 bits per heavy atom. The standard InChI is InChI=1S/C22H26ClFN2O4S/c1-3-26(4-2)31(28,29)20-15-18(8-9-19(20)23)25-21(27)22(10-12-30-13-11-22)16-6-5-7-17(24)14-16/h5-9,14-15H,3-4,10-13H2,1-2H3,(H,25,27). The quantitative estimate of drug-likeness (QED) is 0.660. The van der Waals surface area contributed by atoms with Crippen molar-refractivity contribution in [1.29, 1.82) is 0 Å². The highest BCUT2D eigenvalue weighted by Gasteiger charge is 2.42. The molecule has 0 atom stereocenters. The highest BCUT2D eigenvalue weighted by molar-refractivity contribution is 7.89. The van der Waals surface area contributed by atoms with E-state index in [-0.39, 0.29) is 15.8 Å². The summed E-state index contributed by atoms with van der Waals surface area (Å²) >= 11 is 6.19. The third-order valence-corrected chi connectivity index (χ3v) is 8.20. The van der Waals surface area contributed by atoms with E-state index in [1.54, 1.807) is 32.0 Å². The smallest absolute Gasteiger partial charge is 0.244 e. The average Bonchev–Trinajstić information content (AvgIpc) is 2.76. The molecular weight excluding hydrogens is 443 g/mol. The van der Waals surface area contributed by atoms with E-state index >= 15 is 0 Å². The molecule has 9 heteroatoms. The molecular formula is C22H26ClFN2O4S. The molecule has 2 aromatic carbocycles. The molecule has 0 aliphatic carbocycles. The molecule has 2 aromatic rings. The molecule has 1 aliphatic rings. The van der Waals surface area contributed by atoms with E-state index in [0.29, 0.717) is 50.4 Å². The van der Waals surface area contributed by atoms with Crippen LogP contribution in [-0.4, -0.2) is 44.9 Å². The third-order valence-electron chi connectivity index (χ3n) is 5.67. The lowest BCUT2D eigenvalue weighted by atomic mass is 9.73. The van der Waals surface area contributed by atoms with Gasteiger partial charge in [0.05, 0.1) is 10.4 Å². The van der Waals surface area contributed by atoms with Crippen molar-refractivity contribution < 1.29 is 22.3 Å². The van der Waals surface area contributed by atoms with Crippen LogP contribution in [0.25, 0.3) is 0 Å². The highest BCUT2D eigenvalue weighted by Crippen LogP contribution is 2.37. The monoisotopic (exact) mass is 468 g/mol. The topological polar surface area (TPSA) is 75.7 Å². The summed E-state index contributed by atoms with van der Waals surface area (Å²) in [5, 5.41) is 2.91. The summed E-state index contributed by atoms with van der Waals surface area (Å²) in [5.41, 5.74) is -0.0987. The first-order valence-electron chi connectivity index (χ1n) is 10.2. The summed E-state index contributed by atoms with van der Waals surface area (Å²) in [6, 6.07) is 10.4. The van der Waals surface area contributed by atoms with Gasteiger partial charge in [0.25, 0.3) is 0 Å². The van der Waals surface area contributed by atoms with E-state index in [1.807, 2.05) is 0 Å². The number of carbonyl (C=O) groups is 1. The number of rotatable bonds is 7. The molecule has 0 spiro atoms. The van der Waals surface area contributed by atoms with Gasteiger partial charge in [-0.25, -0.2) is 12.8 Å².